The monoisotopic (exact) mass is 378 g/mol. The van der Waals surface area contributed by atoms with Gasteiger partial charge in [0, 0.05) is 13.1 Å². The van der Waals surface area contributed by atoms with E-state index in [-0.39, 0.29) is 11.5 Å². The van der Waals surface area contributed by atoms with Gasteiger partial charge in [-0.15, -0.1) is 0 Å². The van der Waals surface area contributed by atoms with Gasteiger partial charge in [-0.1, -0.05) is 42.5 Å². The molecule has 0 fully saturated rings. The van der Waals surface area contributed by atoms with Crippen molar-refractivity contribution in [3.63, 3.8) is 0 Å². The number of amides is 1. The van der Waals surface area contributed by atoms with Crippen molar-refractivity contribution in [3.8, 4) is 11.8 Å². The first kappa shape index (κ1) is 20.7. The van der Waals surface area contributed by atoms with Crippen molar-refractivity contribution in [2.75, 3.05) is 20.3 Å². The van der Waals surface area contributed by atoms with Crippen LogP contribution in [0.1, 0.15) is 18.1 Å². The number of rotatable bonds is 8. The van der Waals surface area contributed by atoms with Gasteiger partial charge in [0.05, 0.1) is 7.11 Å². The molecule has 0 saturated heterocycles. The summed E-state index contributed by atoms with van der Waals surface area (Å²) >= 11 is 0. The third-order valence-electron chi connectivity index (χ3n) is 4.04. The Labute approximate surface area is 164 Å². The predicted molar refractivity (Wildman–Crippen MR) is 105 cm³/mol. The van der Waals surface area contributed by atoms with E-state index in [1.165, 1.54) is 6.08 Å². The van der Waals surface area contributed by atoms with Crippen LogP contribution in [-0.2, 0) is 20.9 Å². The van der Waals surface area contributed by atoms with Crippen molar-refractivity contribution in [2.45, 2.75) is 13.5 Å². The van der Waals surface area contributed by atoms with Gasteiger partial charge < -0.3 is 14.4 Å². The number of methoxy groups -OCH3 is 1. The Morgan fingerprint density at radius 3 is 2.36 bits per heavy atom. The smallest absolute Gasteiger partial charge is 0.349 e. The van der Waals surface area contributed by atoms with Crippen LogP contribution in [0.15, 0.2) is 60.2 Å². The van der Waals surface area contributed by atoms with Crippen molar-refractivity contribution in [1.29, 1.82) is 5.26 Å². The van der Waals surface area contributed by atoms with Gasteiger partial charge >= 0.3 is 5.97 Å². The number of hydrogen-bond donors (Lipinski definition) is 0. The van der Waals surface area contributed by atoms with E-state index in [0.29, 0.717) is 24.4 Å². The maximum atomic E-state index is 12.4. The van der Waals surface area contributed by atoms with Crippen LogP contribution in [-0.4, -0.2) is 37.0 Å². The molecule has 0 spiro atoms. The summed E-state index contributed by atoms with van der Waals surface area (Å²) in [6, 6.07) is 18.2. The minimum atomic E-state index is -0.831. The van der Waals surface area contributed by atoms with Gasteiger partial charge in [-0.25, -0.2) is 4.79 Å². The van der Waals surface area contributed by atoms with Crippen LogP contribution in [0, 0.1) is 11.3 Å². The maximum absolute atomic E-state index is 12.4. The molecule has 0 unspecified atom stereocenters. The second-order valence-corrected chi connectivity index (χ2v) is 5.91. The molecule has 2 rings (SSSR count). The van der Waals surface area contributed by atoms with Crippen LogP contribution in [0.2, 0.25) is 0 Å². The summed E-state index contributed by atoms with van der Waals surface area (Å²) in [5.74, 6) is -0.481. The van der Waals surface area contributed by atoms with Crippen LogP contribution >= 0.6 is 0 Å². The van der Waals surface area contributed by atoms with E-state index in [1.807, 2.05) is 43.3 Å². The molecule has 1 amide bonds. The molecule has 0 aliphatic rings. The standard InChI is InChI=1S/C22H22N2O4/c1-3-24(15-18-7-5-4-6-8-18)21(25)16-28-22(26)19(14-23)13-17-9-11-20(27-2)12-10-17/h4-13H,3,15-16H2,1-2H3/b19-13+. The fourth-order valence-electron chi connectivity index (χ4n) is 2.48. The fraction of sp³-hybridized carbons (Fsp3) is 0.227. The third kappa shape index (κ3) is 5.99. The van der Waals surface area contributed by atoms with Gasteiger partial charge in [-0.2, -0.15) is 5.26 Å². The molecule has 0 aromatic heterocycles. The molecule has 0 atom stereocenters. The van der Waals surface area contributed by atoms with Crippen LogP contribution in [0.5, 0.6) is 5.75 Å². The Balaban J connectivity index is 1.96. The number of hydrogen-bond acceptors (Lipinski definition) is 5. The summed E-state index contributed by atoms with van der Waals surface area (Å²) in [6.07, 6.45) is 1.41. The molecule has 6 heteroatoms. The molecule has 28 heavy (non-hydrogen) atoms. The highest BCUT2D eigenvalue weighted by Crippen LogP contribution is 2.14. The largest absolute Gasteiger partial charge is 0.497 e. The van der Waals surface area contributed by atoms with Gasteiger partial charge in [0.1, 0.15) is 17.4 Å². The summed E-state index contributed by atoms with van der Waals surface area (Å²) in [7, 11) is 1.55. The molecule has 144 valence electrons. The number of likely N-dealkylation sites (N-methyl/N-ethyl adjacent to an activating group) is 1. The van der Waals surface area contributed by atoms with Crippen molar-refractivity contribution in [2.24, 2.45) is 0 Å². The van der Waals surface area contributed by atoms with Crippen LogP contribution in [0.4, 0.5) is 0 Å². The van der Waals surface area contributed by atoms with Crippen LogP contribution < -0.4 is 4.74 Å². The number of ether oxygens (including phenoxy) is 2. The molecule has 2 aromatic rings. The van der Waals surface area contributed by atoms with Gasteiger partial charge in [0.25, 0.3) is 5.91 Å². The molecule has 0 aliphatic heterocycles. The number of benzene rings is 2. The molecule has 0 aliphatic carbocycles. The SMILES string of the molecule is CCN(Cc1ccccc1)C(=O)COC(=O)/C(C#N)=C/c1ccc(OC)cc1. The molecule has 0 bridgehead atoms. The Hall–Kier alpha value is -3.59. The van der Waals surface area contributed by atoms with Crippen molar-refractivity contribution < 1.29 is 19.1 Å². The van der Waals surface area contributed by atoms with E-state index in [9.17, 15) is 14.9 Å². The third-order valence-corrected chi connectivity index (χ3v) is 4.04. The van der Waals surface area contributed by atoms with Gasteiger partial charge in [-0.3, -0.25) is 4.79 Å². The number of carbonyl (C=O) groups is 2. The number of carbonyl (C=O) groups excluding carboxylic acids is 2. The van der Waals surface area contributed by atoms with E-state index in [0.717, 1.165) is 5.56 Å². The van der Waals surface area contributed by atoms with Crippen LogP contribution in [0.25, 0.3) is 6.08 Å². The van der Waals surface area contributed by atoms with Crippen molar-refractivity contribution in [3.05, 3.63) is 71.3 Å². The average Bonchev–Trinajstić information content (AvgIpc) is 2.75. The Bertz CT molecular complexity index is 868. The van der Waals surface area contributed by atoms with Crippen LogP contribution in [0.3, 0.4) is 0 Å². The quantitative estimate of drug-likeness (QED) is 0.400. The topological polar surface area (TPSA) is 79.6 Å². The van der Waals surface area contributed by atoms with Crippen molar-refractivity contribution in [1.82, 2.24) is 4.90 Å². The molecular formula is C22H22N2O4. The Kier molecular flexibility index (Phi) is 7.79. The minimum absolute atomic E-state index is 0.177. The Morgan fingerprint density at radius 1 is 1.11 bits per heavy atom. The highest BCUT2D eigenvalue weighted by Gasteiger charge is 2.17. The normalized spacial score (nSPS) is 10.7. The van der Waals surface area contributed by atoms with E-state index >= 15 is 0 Å². The highest BCUT2D eigenvalue weighted by molar-refractivity contribution is 5.98. The second kappa shape index (κ2) is 10.5. The maximum Gasteiger partial charge on any atom is 0.349 e. The van der Waals surface area contributed by atoms with Gasteiger partial charge in [-0.05, 0) is 36.3 Å². The molecule has 0 radical (unpaired) electrons. The fourth-order valence-corrected chi connectivity index (χ4v) is 2.48. The first-order chi connectivity index (χ1) is 13.6. The summed E-state index contributed by atoms with van der Waals surface area (Å²) in [6.45, 7) is 2.35. The Morgan fingerprint density at radius 2 is 1.79 bits per heavy atom. The lowest BCUT2D eigenvalue weighted by atomic mass is 10.1. The number of nitrogens with zero attached hydrogens (tertiary/aromatic N) is 2. The van der Waals surface area contributed by atoms with E-state index < -0.39 is 12.6 Å². The van der Waals surface area contributed by atoms with E-state index in [1.54, 1.807) is 36.3 Å². The zero-order valence-electron chi connectivity index (χ0n) is 15.9. The first-order valence-corrected chi connectivity index (χ1v) is 8.82. The number of nitriles is 1. The molecule has 2 aromatic carbocycles. The first-order valence-electron chi connectivity index (χ1n) is 8.82. The lowest BCUT2D eigenvalue weighted by Gasteiger charge is -2.20. The summed E-state index contributed by atoms with van der Waals surface area (Å²) < 4.78 is 10.1. The summed E-state index contributed by atoms with van der Waals surface area (Å²) in [5, 5.41) is 9.23. The summed E-state index contributed by atoms with van der Waals surface area (Å²) in [4.78, 5) is 26.1. The van der Waals surface area contributed by atoms with E-state index in [4.69, 9.17) is 9.47 Å². The minimum Gasteiger partial charge on any atom is -0.497 e. The molecule has 0 N–H and O–H groups in total. The number of esters is 1. The summed E-state index contributed by atoms with van der Waals surface area (Å²) in [5.41, 5.74) is 1.46. The zero-order chi connectivity index (χ0) is 20.4. The van der Waals surface area contributed by atoms with E-state index in [2.05, 4.69) is 0 Å². The van der Waals surface area contributed by atoms with Gasteiger partial charge in [0.2, 0.25) is 0 Å². The molecular weight excluding hydrogens is 356 g/mol. The lowest BCUT2D eigenvalue weighted by molar-refractivity contribution is -0.148. The second-order valence-electron chi connectivity index (χ2n) is 5.91. The molecule has 0 saturated carbocycles. The average molecular weight is 378 g/mol. The van der Waals surface area contributed by atoms with Gasteiger partial charge in [0.15, 0.2) is 6.61 Å². The lowest BCUT2D eigenvalue weighted by Crippen LogP contribution is -2.34. The predicted octanol–water partition coefficient (Wildman–Crippen LogP) is 3.19. The molecule has 6 nitrogen and oxygen atoms in total. The zero-order valence-corrected chi connectivity index (χ0v) is 15.9. The molecule has 0 heterocycles. The highest BCUT2D eigenvalue weighted by atomic mass is 16.5. The van der Waals surface area contributed by atoms with Crippen molar-refractivity contribution >= 4 is 18.0 Å².